The van der Waals surface area contributed by atoms with Crippen LogP contribution < -0.4 is 14.8 Å². The molecule has 3 aromatic carbocycles. The molecule has 174 valence electrons. The lowest BCUT2D eigenvalue weighted by molar-refractivity contribution is 0.0946. The van der Waals surface area contributed by atoms with E-state index in [2.05, 4.69) is 10.0 Å². The molecular weight excluding hydrogens is 436 g/mol. The van der Waals surface area contributed by atoms with E-state index in [9.17, 15) is 13.2 Å². The van der Waals surface area contributed by atoms with Crippen molar-refractivity contribution in [3.05, 3.63) is 88.0 Å². The molecule has 7 heteroatoms. The summed E-state index contributed by atoms with van der Waals surface area (Å²) < 4.78 is 34.5. The van der Waals surface area contributed by atoms with Gasteiger partial charge in [0.25, 0.3) is 15.9 Å². The summed E-state index contributed by atoms with van der Waals surface area (Å²) >= 11 is 0. The van der Waals surface area contributed by atoms with Crippen LogP contribution in [-0.4, -0.2) is 27.5 Å². The van der Waals surface area contributed by atoms with E-state index in [0.29, 0.717) is 24.4 Å². The maximum atomic E-state index is 13.1. The van der Waals surface area contributed by atoms with E-state index >= 15 is 0 Å². The number of hydrogen-bond acceptors (Lipinski definition) is 4. The topological polar surface area (TPSA) is 84.5 Å². The zero-order valence-electron chi connectivity index (χ0n) is 19.7. The molecule has 0 spiro atoms. The highest BCUT2D eigenvalue weighted by atomic mass is 32.2. The van der Waals surface area contributed by atoms with Gasteiger partial charge in [0.2, 0.25) is 0 Å². The predicted molar refractivity (Wildman–Crippen MR) is 132 cm³/mol. The van der Waals surface area contributed by atoms with Gasteiger partial charge in [-0.05, 0) is 81.1 Å². The molecule has 0 aliphatic heterocycles. The van der Waals surface area contributed by atoms with E-state index in [-0.39, 0.29) is 16.4 Å². The molecule has 3 rings (SSSR count). The average molecular weight is 467 g/mol. The number of carbonyl (C=O) groups is 1. The van der Waals surface area contributed by atoms with Crippen molar-refractivity contribution >= 4 is 21.6 Å². The number of benzene rings is 3. The molecule has 0 unspecified atom stereocenters. The zero-order valence-corrected chi connectivity index (χ0v) is 20.5. The van der Waals surface area contributed by atoms with Gasteiger partial charge in [-0.3, -0.25) is 9.52 Å². The van der Waals surface area contributed by atoms with Crippen LogP contribution in [-0.2, 0) is 10.0 Å². The van der Waals surface area contributed by atoms with Crippen LogP contribution in [0.25, 0.3) is 0 Å². The first-order valence-corrected chi connectivity index (χ1v) is 12.2. The molecule has 2 N–H and O–H groups in total. The maximum absolute atomic E-state index is 13.1. The monoisotopic (exact) mass is 466 g/mol. The van der Waals surface area contributed by atoms with Gasteiger partial charge in [-0.15, -0.1) is 0 Å². The Kier molecular flexibility index (Phi) is 7.43. The summed E-state index contributed by atoms with van der Waals surface area (Å²) in [7, 11) is -3.86. The number of amides is 1. The molecule has 0 radical (unpaired) electrons. The number of aryl methyl sites for hydroxylation is 4. The van der Waals surface area contributed by atoms with Crippen LogP contribution >= 0.6 is 0 Å². The van der Waals surface area contributed by atoms with Crippen molar-refractivity contribution in [1.29, 1.82) is 0 Å². The third kappa shape index (κ3) is 5.93. The molecule has 0 fully saturated rings. The fourth-order valence-electron chi connectivity index (χ4n) is 3.48. The number of sulfonamides is 1. The van der Waals surface area contributed by atoms with Crippen molar-refractivity contribution in [2.75, 3.05) is 17.9 Å². The van der Waals surface area contributed by atoms with Crippen molar-refractivity contribution in [3.63, 3.8) is 0 Å². The normalized spacial score (nSPS) is 11.2. The molecule has 0 saturated heterocycles. The average Bonchev–Trinajstić information content (AvgIpc) is 2.75. The van der Waals surface area contributed by atoms with Crippen molar-refractivity contribution in [3.8, 4) is 5.75 Å². The van der Waals surface area contributed by atoms with Crippen LogP contribution in [0, 0.1) is 34.6 Å². The van der Waals surface area contributed by atoms with Gasteiger partial charge in [0, 0.05) is 5.56 Å². The van der Waals surface area contributed by atoms with Crippen LogP contribution in [0.15, 0.2) is 59.5 Å². The minimum Gasteiger partial charge on any atom is -0.491 e. The van der Waals surface area contributed by atoms with E-state index in [1.54, 1.807) is 31.2 Å². The molecule has 0 atom stereocenters. The Hall–Kier alpha value is -3.32. The molecule has 3 aromatic rings. The lowest BCUT2D eigenvalue weighted by Crippen LogP contribution is -2.28. The number of anilines is 1. The van der Waals surface area contributed by atoms with Crippen molar-refractivity contribution in [2.45, 2.75) is 39.5 Å². The molecule has 0 saturated carbocycles. The van der Waals surface area contributed by atoms with Crippen LogP contribution in [0.2, 0.25) is 0 Å². The first kappa shape index (κ1) is 24.3. The second-order valence-corrected chi connectivity index (χ2v) is 9.86. The van der Waals surface area contributed by atoms with Crippen molar-refractivity contribution < 1.29 is 17.9 Å². The number of nitrogens with one attached hydrogen (secondary N) is 2. The summed E-state index contributed by atoms with van der Waals surface area (Å²) in [6.45, 7) is 10.1. The summed E-state index contributed by atoms with van der Waals surface area (Å²) in [5.74, 6) is 0.415. The molecule has 1 amide bonds. The van der Waals surface area contributed by atoms with E-state index in [1.807, 2.05) is 52.0 Å². The van der Waals surface area contributed by atoms with Crippen LogP contribution in [0.3, 0.4) is 0 Å². The second kappa shape index (κ2) is 10.1. The molecule has 0 aromatic heterocycles. The summed E-state index contributed by atoms with van der Waals surface area (Å²) in [6, 6.07) is 16.0. The fourth-order valence-corrected chi connectivity index (χ4v) is 4.88. The Labute approximate surface area is 196 Å². The third-order valence-corrected chi connectivity index (χ3v) is 7.07. The highest BCUT2D eigenvalue weighted by Gasteiger charge is 2.20. The highest BCUT2D eigenvalue weighted by molar-refractivity contribution is 7.92. The zero-order chi connectivity index (χ0) is 24.2. The molecule has 6 nitrogen and oxygen atoms in total. The molecule has 0 heterocycles. The number of ether oxygens (including phenoxy) is 1. The Morgan fingerprint density at radius 1 is 0.879 bits per heavy atom. The number of carbonyl (C=O) groups excluding carboxylic acids is 1. The molecule has 0 aliphatic carbocycles. The van der Waals surface area contributed by atoms with Gasteiger partial charge in [-0.25, -0.2) is 8.42 Å². The SMILES string of the molecule is Cc1ccc(OCCNC(=O)c2ccc(C)c(S(=O)(=O)Nc3cccc(C)c3C)c2)c(C)c1. The Morgan fingerprint density at radius 2 is 1.64 bits per heavy atom. The summed E-state index contributed by atoms with van der Waals surface area (Å²) in [5, 5.41) is 2.79. The molecule has 0 bridgehead atoms. The van der Waals surface area contributed by atoms with Gasteiger partial charge in [-0.2, -0.15) is 0 Å². The number of hydrogen-bond donors (Lipinski definition) is 2. The first-order valence-electron chi connectivity index (χ1n) is 10.8. The highest BCUT2D eigenvalue weighted by Crippen LogP contribution is 2.24. The Bertz CT molecular complexity index is 1280. The van der Waals surface area contributed by atoms with E-state index in [4.69, 9.17) is 4.74 Å². The quantitative estimate of drug-likeness (QED) is 0.465. The lowest BCUT2D eigenvalue weighted by atomic mass is 10.1. The summed E-state index contributed by atoms with van der Waals surface area (Å²) in [4.78, 5) is 12.7. The Morgan fingerprint density at radius 3 is 2.36 bits per heavy atom. The van der Waals surface area contributed by atoms with E-state index in [0.717, 1.165) is 28.0 Å². The Balaban J connectivity index is 1.68. The first-order chi connectivity index (χ1) is 15.6. The van der Waals surface area contributed by atoms with E-state index in [1.165, 1.54) is 6.07 Å². The third-order valence-electron chi connectivity index (χ3n) is 5.56. The lowest BCUT2D eigenvalue weighted by Gasteiger charge is -2.15. The van der Waals surface area contributed by atoms with Gasteiger partial charge in [0.15, 0.2) is 0 Å². The van der Waals surface area contributed by atoms with Gasteiger partial charge in [0.1, 0.15) is 12.4 Å². The van der Waals surface area contributed by atoms with E-state index < -0.39 is 10.0 Å². The minimum absolute atomic E-state index is 0.0718. The fraction of sp³-hybridized carbons (Fsp3) is 0.269. The van der Waals surface area contributed by atoms with Crippen molar-refractivity contribution in [2.24, 2.45) is 0 Å². The van der Waals surface area contributed by atoms with Crippen LogP contribution in [0.1, 0.15) is 38.2 Å². The maximum Gasteiger partial charge on any atom is 0.262 e. The van der Waals surface area contributed by atoms with Gasteiger partial charge < -0.3 is 10.1 Å². The van der Waals surface area contributed by atoms with Crippen molar-refractivity contribution in [1.82, 2.24) is 5.32 Å². The molecule has 0 aliphatic rings. The summed E-state index contributed by atoms with van der Waals surface area (Å²) in [6.07, 6.45) is 0. The molecular formula is C26H30N2O4S. The summed E-state index contributed by atoms with van der Waals surface area (Å²) in [5.41, 5.74) is 5.39. The van der Waals surface area contributed by atoms with Gasteiger partial charge in [-0.1, -0.05) is 35.9 Å². The van der Waals surface area contributed by atoms with Crippen LogP contribution in [0.4, 0.5) is 5.69 Å². The van der Waals surface area contributed by atoms with Gasteiger partial charge >= 0.3 is 0 Å². The predicted octanol–water partition coefficient (Wildman–Crippen LogP) is 4.84. The standard InChI is InChI=1S/C26H30N2O4S/c1-17-9-12-24(20(4)15-17)32-14-13-27-26(29)22-11-10-19(3)25(16-22)33(30,31)28-23-8-6-7-18(2)21(23)5/h6-12,15-16,28H,13-14H2,1-5H3,(H,27,29). The second-order valence-electron chi connectivity index (χ2n) is 8.21. The molecule has 33 heavy (non-hydrogen) atoms. The smallest absolute Gasteiger partial charge is 0.262 e. The minimum atomic E-state index is -3.86. The van der Waals surface area contributed by atoms with Gasteiger partial charge in [0.05, 0.1) is 17.1 Å². The van der Waals surface area contributed by atoms with Crippen LogP contribution in [0.5, 0.6) is 5.75 Å². The number of rotatable bonds is 8. The largest absolute Gasteiger partial charge is 0.491 e.